The second-order valence-corrected chi connectivity index (χ2v) is 4.57. The third kappa shape index (κ3) is 4.50. The van der Waals surface area contributed by atoms with E-state index in [1.807, 2.05) is 6.92 Å². The maximum Gasteiger partial charge on any atom is 0.230 e. The zero-order chi connectivity index (χ0) is 13.5. The Morgan fingerprint density at radius 2 is 2.11 bits per heavy atom. The van der Waals surface area contributed by atoms with Gasteiger partial charge in [-0.3, -0.25) is 9.69 Å². The molecule has 7 nitrogen and oxygen atoms in total. The molecule has 1 heterocycles. The predicted molar refractivity (Wildman–Crippen MR) is 67.4 cm³/mol. The highest BCUT2D eigenvalue weighted by Gasteiger charge is 2.20. The number of amidine groups is 1. The highest BCUT2D eigenvalue weighted by molar-refractivity contribution is 6.01. The maximum absolute atomic E-state index is 11.8. The lowest BCUT2D eigenvalue weighted by molar-refractivity contribution is -0.123. The van der Waals surface area contributed by atoms with Crippen LogP contribution in [-0.4, -0.2) is 60.7 Å². The molecular formula is C11H22N4O3. The van der Waals surface area contributed by atoms with Crippen LogP contribution in [0.25, 0.3) is 0 Å². The van der Waals surface area contributed by atoms with Gasteiger partial charge < -0.3 is 21.0 Å². The van der Waals surface area contributed by atoms with Crippen LogP contribution in [-0.2, 0) is 9.53 Å². The molecular weight excluding hydrogens is 236 g/mol. The Labute approximate surface area is 107 Å². The lowest BCUT2D eigenvalue weighted by atomic mass is 10.1. The van der Waals surface area contributed by atoms with Crippen molar-refractivity contribution in [2.75, 3.05) is 32.8 Å². The molecule has 2 unspecified atom stereocenters. The molecule has 1 fully saturated rings. The maximum atomic E-state index is 11.8. The highest BCUT2D eigenvalue weighted by atomic mass is 16.5. The zero-order valence-electron chi connectivity index (χ0n) is 10.9. The molecule has 0 saturated carbocycles. The summed E-state index contributed by atoms with van der Waals surface area (Å²) in [5, 5.41) is 14.2. The lowest BCUT2D eigenvalue weighted by Crippen LogP contribution is -2.48. The monoisotopic (exact) mass is 258 g/mol. The van der Waals surface area contributed by atoms with E-state index >= 15 is 0 Å². The average Bonchev–Trinajstić information content (AvgIpc) is 2.37. The standard InChI is InChI=1S/C11H22N4O3/c1-8(7-15-3-5-18-6-4-15)13-11(16)9(2)10(12)14-17/h8-9,17H,3-7H2,1-2H3,(H2,12,14)(H,13,16). The number of nitrogens with zero attached hydrogens (tertiary/aromatic N) is 2. The number of nitrogens with two attached hydrogens (primary N) is 1. The zero-order valence-corrected chi connectivity index (χ0v) is 10.9. The first-order valence-electron chi connectivity index (χ1n) is 6.12. The molecule has 0 radical (unpaired) electrons. The molecule has 7 heteroatoms. The quantitative estimate of drug-likeness (QED) is 0.259. The van der Waals surface area contributed by atoms with E-state index in [1.165, 1.54) is 0 Å². The smallest absolute Gasteiger partial charge is 0.230 e. The minimum atomic E-state index is -0.623. The van der Waals surface area contributed by atoms with Crippen LogP contribution in [0.15, 0.2) is 5.16 Å². The molecule has 1 aliphatic heterocycles. The Morgan fingerprint density at radius 1 is 1.50 bits per heavy atom. The molecule has 18 heavy (non-hydrogen) atoms. The minimum Gasteiger partial charge on any atom is -0.409 e. The van der Waals surface area contributed by atoms with Crippen LogP contribution in [0.4, 0.5) is 0 Å². The Balaban J connectivity index is 2.34. The van der Waals surface area contributed by atoms with E-state index in [-0.39, 0.29) is 17.8 Å². The fourth-order valence-electron chi connectivity index (χ4n) is 1.81. The molecule has 0 aromatic rings. The summed E-state index contributed by atoms with van der Waals surface area (Å²) in [6.07, 6.45) is 0. The molecule has 1 amide bonds. The molecule has 0 bridgehead atoms. The number of amides is 1. The fourth-order valence-corrected chi connectivity index (χ4v) is 1.81. The number of oxime groups is 1. The van der Waals surface area contributed by atoms with Crippen molar-refractivity contribution >= 4 is 11.7 Å². The largest absolute Gasteiger partial charge is 0.409 e. The van der Waals surface area contributed by atoms with Crippen molar-refractivity contribution < 1.29 is 14.7 Å². The number of nitrogens with one attached hydrogen (secondary N) is 1. The van der Waals surface area contributed by atoms with Crippen LogP contribution >= 0.6 is 0 Å². The van der Waals surface area contributed by atoms with Crippen LogP contribution in [0.2, 0.25) is 0 Å². The number of carbonyl (C=O) groups is 1. The van der Waals surface area contributed by atoms with Gasteiger partial charge in [0.05, 0.1) is 19.1 Å². The number of morpholine rings is 1. The SMILES string of the molecule is CC(CN1CCOCC1)NC(=O)C(C)C(N)=NO. The molecule has 0 spiro atoms. The molecule has 0 aromatic heterocycles. The van der Waals surface area contributed by atoms with E-state index in [2.05, 4.69) is 15.4 Å². The van der Waals surface area contributed by atoms with Crippen molar-refractivity contribution in [1.29, 1.82) is 0 Å². The summed E-state index contributed by atoms with van der Waals surface area (Å²) in [6.45, 7) is 7.56. The Bertz CT molecular complexity index is 303. The molecule has 1 saturated heterocycles. The second kappa shape index (κ2) is 7.17. The molecule has 0 aliphatic carbocycles. The van der Waals surface area contributed by atoms with Gasteiger partial charge in [-0.25, -0.2) is 0 Å². The number of rotatable bonds is 5. The van der Waals surface area contributed by atoms with Crippen LogP contribution in [0, 0.1) is 5.92 Å². The fraction of sp³-hybridized carbons (Fsp3) is 0.818. The minimum absolute atomic E-state index is 0.0181. The third-order valence-electron chi connectivity index (χ3n) is 2.98. The van der Waals surface area contributed by atoms with Crippen molar-refractivity contribution in [2.45, 2.75) is 19.9 Å². The summed E-state index contributed by atoms with van der Waals surface area (Å²) in [5.74, 6) is -0.931. The van der Waals surface area contributed by atoms with Gasteiger partial charge in [0.25, 0.3) is 0 Å². The molecule has 1 rings (SSSR count). The van der Waals surface area contributed by atoms with Crippen molar-refractivity contribution in [2.24, 2.45) is 16.8 Å². The van der Waals surface area contributed by atoms with Gasteiger partial charge in [0, 0.05) is 25.7 Å². The average molecular weight is 258 g/mol. The summed E-state index contributed by atoms with van der Waals surface area (Å²) < 4.78 is 5.26. The van der Waals surface area contributed by atoms with Crippen LogP contribution in [0.1, 0.15) is 13.8 Å². The van der Waals surface area contributed by atoms with Gasteiger partial charge in [-0.2, -0.15) is 0 Å². The normalized spacial score (nSPS) is 21.3. The van der Waals surface area contributed by atoms with Crippen molar-refractivity contribution in [3.63, 3.8) is 0 Å². The van der Waals surface area contributed by atoms with Gasteiger partial charge >= 0.3 is 0 Å². The molecule has 4 N–H and O–H groups in total. The summed E-state index contributed by atoms with van der Waals surface area (Å²) in [5.41, 5.74) is 5.39. The van der Waals surface area contributed by atoms with Gasteiger partial charge in [-0.15, -0.1) is 0 Å². The van der Waals surface area contributed by atoms with E-state index in [1.54, 1.807) is 6.92 Å². The van der Waals surface area contributed by atoms with Gasteiger partial charge in [0.1, 0.15) is 0 Å². The number of carbonyl (C=O) groups excluding carboxylic acids is 1. The van der Waals surface area contributed by atoms with Gasteiger partial charge in [-0.05, 0) is 13.8 Å². The van der Waals surface area contributed by atoms with Crippen LogP contribution in [0.3, 0.4) is 0 Å². The topological polar surface area (TPSA) is 100 Å². The van der Waals surface area contributed by atoms with Crippen molar-refractivity contribution in [3.05, 3.63) is 0 Å². The van der Waals surface area contributed by atoms with Crippen molar-refractivity contribution in [3.8, 4) is 0 Å². The van der Waals surface area contributed by atoms with Crippen LogP contribution < -0.4 is 11.1 Å². The van der Waals surface area contributed by atoms with Gasteiger partial charge in [0.2, 0.25) is 5.91 Å². The molecule has 104 valence electrons. The lowest BCUT2D eigenvalue weighted by Gasteiger charge is -2.29. The van der Waals surface area contributed by atoms with E-state index in [4.69, 9.17) is 15.7 Å². The van der Waals surface area contributed by atoms with E-state index in [0.29, 0.717) is 0 Å². The first kappa shape index (κ1) is 14.7. The number of ether oxygens (including phenoxy) is 1. The number of hydrogen-bond donors (Lipinski definition) is 3. The third-order valence-corrected chi connectivity index (χ3v) is 2.98. The Hall–Kier alpha value is -1.34. The number of hydrogen-bond acceptors (Lipinski definition) is 5. The van der Waals surface area contributed by atoms with E-state index in [0.717, 1.165) is 32.8 Å². The first-order valence-corrected chi connectivity index (χ1v) is 6.12. The summed E-state index contributed by atoms with van der Waals surface area (Å²) >= 11 is 0. The van der Waals surface area contributed by atoms with Gasteiger partial charge in [-0.1, -0.05) is 5.16 Å². The van der Waals surface area contributed by atoms with Crippen molar-refractivity contribution in [1.82, 2.24) is 10.2 Å². The van der Waals surface area contributed by atoms with Crippen LogP contribution in [0.5, 0.6) is 0 Å². The summed E-state index contributed by atoms with van der Waals surface area (Å²) in [6, 6.07) is 0.0181. The highest BCUT2D eigenvalue weighted by Crippen LogP contribution is 2.00. The molecule has 2 atom stereocenters. The van der Waals surface area contributed by atoms with E-state index < -0.39 is 5.92 Å². The molecule has 0 aromatic carbocycles. The Kier molecular flexibility index (Phi) is 5.87. The first-order chi connectivity index (χ1) is 8.54. The summed E-state index contributed by atoms with van der Waals surface area (Å²) in [7, 11) is 0. The second-order valence-electron chi connectivity index (χ2n) is 4.57. The van der Waals surface area contributed by atoms with E-state index in [9.17, 15) is 4.79 Å². The Morgan fingerprint density at radius 3 is 2.67 bits per heavy atom. The predicted octanol–water partition coefficient (Wildman–Crippen LogP) is -0.794. The van der Waals surface area contributed by atoms with Gasteiger partial charge in [0.15, 0.2) is 5.84 Å². The molecule has 1 aliphatic rings. The summed E-state index contributed by atoms with van der Waals surface area (Å²) in [4.78, 5) is 14.0.